The zero-order valence-corrected chi connectivity index (χ0v) is 6.70. The smallest absolute Gasteiger partial charge is 0.183 e. The number of hydrogen-bond donors (Lipinski definition) is 0. The fraction of sp³-hybridized carbons (Fsp3) is 0.333. The second-order valence-electron chi connectivity index (χ2n) is 2.14. The average Bonchev–Trinajstić information content (AvgIpc) is 2.09. The lowest BCUT2D eigenvalue weighted by molar-refractivity contribution is -0.106. The maximum absolute atomic E-state index is 5.04. The van der Waals surface area contributed by atoms with Gasteiger partial charge in [-0.05, 0) is 12.1 Å². The van der Waals surface area contributed by atoms with E-state index < -0.39 is 0 Å². The molecule has 11 heavy (non-hydrogen) atoms. The molecule has 59 valence electrons. The van der Waals surface area contributed by atoms with Gasteiger partial charge in [-0.1, -0.05) is 18.2 Å². The molecule has 2 nitrogen and oxygen atoms in total. The number of benzene rings is 1. The van der Waals surface area contributed by atoms with Gasteiger partial charge in [0.25, 0.3) is 0 Å². The van der Waals surface area contributed by atoms with E-state index in [0.717, 1.165) is 5.56 Å². The van der Waals surface area contributed by atoms with Crippen LogP contribution in [0.2, 0.25) is 0 Å². The first-order valence-corrected chi connectivity index (χ1v) is 3.40. The molecule has 0 bridgehead atoms. The highest BCUT2D eigenvalue weighted by Gasteiger charge is 2.05. The van der Waals surface area contributed by atoms with E-state index in [9.17, 15) is 0 Å². The third-order valence-electron chi connectivity index (χ3n) is 1.43. The Morgan fingerprint density at radius 1 is 1.36 bits per heavy atom. The molecule has 0 aromatic heterocycles. The molecule has 2 heteroatoms. The van der Waals surface area contributed by atoms with Crippen LogP contribution in [0.25, 0.3) is 0 Å². The van der Waals surface area contributed by atoms with Crippen LogP contribution < -0.4 is 0 Å². The Balaban J connectivity index is 2.74. The first-order valence-electron chi connectivity index (χ1n) is 3.40. The van der Waals surface area contributed by atoms with Crippen LogP contribution in [0.5, 0.6) is 0 Å². The van der Waals surface area contributed by atoms with E-state index in [1.165, 1.54) is 0 Å². The molecule has 1 radical (unpaired) electrons. The molecule has 0 unspecified atom stereocenters. The normalized spacial score (nSPS) is 10.5. The minimum atomic E-state index is -0.271. The van der Waals surface area contributed by atoms with E-state index in [4.69, 9.17) is 9.47 Å². The first kappa shape index (κ1) is 8.24. The van der Waals surface area contributed by atoms with Crippen LogP contribution in [0, 0.1) is 6.07 Å². The summed E-state index contributed by atoms with van der Waals surface area (Å²) < 4.78 is 10.1. The molecule has 0 aliphatic rings. The van der Waals surface area contributed by atoms with Gasteiger partial charge in [-0.25, -0.2) is 0 Å². The number of hydrogen-bond acceptors (Lipinski definition) is 2. The van der Waals surface area contributed by atoms with Crippen LogP contribution >= 0.6 is 0 Å². The lowest BCUT2D eigenvalue weighted by atomic mass is 10.2. The summed E-state index contributed by atoms with van der Waals surface area (Å²) in [5, 5.41) is 0. The average molecular weight is 151 g/mol. The molecule has 0 fully saturated rings. The van der Waals surface area contributed by atoms with Crippen LogP contribution in [-0.4, -0.2) is 14.2 Å². The van der Waals surface area contributed by atoms with Crippen molar-refractivity contribution in [3.8, 4) is 0 Å². The number of methoxy groups -OCH3 is 2. The van der Waals surface area contributed by atoms with Gasteiger partial charge in [0.1, 0.15) is 0 Å². The van der Waals surface area contributed by atoms with Gasteiger partial charge in [-0.2, -0.15) is 0 Å². The Bertz CT molecular complexity index is 192. The Kier molecular flexibility index (Phi) is 3.08. The second kappa shape index (κ2) is 4.11. The van der Waals surface area contributed by atoms with Gasteiger partial charge in [0, 0.05) is 19.8 Å². The highest BCUT2D eigenvalue weighted by molar-refractivity contribution is 5.14. The largest absolute Gasteiger partial charge is 0.352 e. The summed E-state index contributed by atoms with van der Waals surface area (Å²) in [7, 11) is 3.22. The molecule has 0 N–H and O–H groups in total. The highest BCUT2D eigenvalue weighted by atomic mass is 16.7. The van der Waals surface area contributed by atoms with Gasteiger partial charge < -0.3 is 9.47 Å². The van der Waals surface area contributed by atoms with E-state index in [-0.39, 0.29) is 6.29 Å². The maximum Gasteiger partial charge on any atom is 0.183 e. The quantitative estimate of drug-likeness (QED) is 0.613. The molecule has 0 heterocycles. The lowest BCUT2D eigenvalue weighted by Gasteiger charge is -2.12. The van der Waals surface area contributed by atoms with Crippen molar-refractivity contribution in [1.29, 1.82) is 0 Å². The standard InChI is InChI=1S/C9H11O2/c1-10-9(11-2)8-6-4-3-5-7-8/h3-4,6-7,9H,1-2H3. The van der Waals surface area contributed by atoms with Crippen molar-refractivity contribution >= 4 is 0 Å². The van der Waals surface area contributed by atoms with Crippen molar-refractivity contribution < 1.29 is 9.47 Å². The minimum absolute atomic E-state index is 0.271. The van der Waals surface area contributed by atoms with E-state index in [1.54, 1.807) is 14.2 Å². The summed E-state index contributed by atoms with van der Waals surface area (Å²) in [5.74, 6) is 0. The van der Waals surface area contributed by atoms with Crippen molar-refractivity contribution in [2.24, 2.45) is 0 Å². The van der Waals surface area contributed by atoms with Crippen molar-refractivity contribution in [2.45, 2.75) is 6.29 Å². The van der Waals surface area contributed by atoms with Crippen molar-refractivity contribution in [3.63, 3.8) is 0 Å². The summed E-state index contributed by atoms with van der Waals surface area (Å²) in [6, 6.07) is 10.5. The van der Waals surface area contributed by atoms with Crippen LogP contribution in [0.4, 0.5) is 0 Å². The fourth-order valence-electron chi connectivity index (χ4n) is 0.922. The van der Waals surface area contributed by atoms with Crippen LogP contribution in [-0.2, 0) is 9.47 Å². The lowest BCUT2D eigenvalue weighted by Crippen LogP contribution is -2.02. The van der Waals surface area contributed by atoms with Gasteiger partial charge in [-0.15, -0.1) is 0 Å². The summed E-state index contributed by atoms with van der Waals surface area (Å²) in [4.78, 5) is 0. The third-order valence-corrected chi connectivity index (χ3v) is 1.43. The van der Waals surface area contributed by atoms with E-state index in [2.05, 4.69) is 6.07 Å². The molecule has 0 atom stereocenters. The molecule has 0 spiro atoms. The zero-order chi connectivity index (χ0) is 8.10. The minimum Gasteiger partial charge on any atom is -0.352 e. The van der Waals surface area contributed by atoms with Gasteiger partial charge >= 0.3 is 0 Å². The Hall–Kier alpha value is -0.860. The zero-order valence-electron chi connectivity index (χ0n) is 6.70. The van der Waals surface area contributed by atoms with Gasteiger partial charge in [-0.3, -0.25) is 0 Å². The van der Waals surface area contributed by atoms with E-state index in [0.29, 0.717) is 0 Å². The second-order valence-corrected chi connectivity index (χ2v) is 2.14. The molecule has 1 aromatic rings. The van der Waals surface area contributed by atoms with Crippen LogP contribution in [0.15, 0.2) is 24.3 Å². The Morgan fingerprint density at radius 2 is 2.09 bits per heavy atom. The van der Waals surface area contributed by atoms with Crippen molar-refractivity contribution in [1.82, 2.24) is 0 Å². The molecule has 0 aliphatic heterocycles. The summed E-state index contributed by atoms with van der Waals surface area (Å²) in [6.45, 7) is 0. The maximum atomic E-state index is 5.04. The first-order chi connectivity index (χ1) is 5.38. The van der Waals surface area contributed by atoms with Gasteiger partial charge in [0.05, 0.1) is 0 Å². The molecule has 0 saturated heterocycles. The molecule has 1 aromatic carbocycles. The molecule has 0 amide bonds. The van der Waals surface area contributed by atoms with E-state index >= 15 is 0 Å². The molecular formula is C9H11O2. The van der Waals surface area contributed by atoms with Crippen LogP contribution in [0.1, 0.15) is 11.9 Å². The predicted octanol–water partition coefficient (Wildman–Crippen LogP) is 1.78. The highest BCUT2D eigenvalue weighted by Crippen LogP contribution is 2.15. The SMILES string of the molecule is COC(OC)c1c[c]ccc1. The van der Waals surface area contributed by atoms with Gasteiger partial charge in [0.15, 0.2) is 6.29 Å². The number of rotatable bonds is 3. The fourth-order valence-corrected chi connectivity index (χ4v) is 0.922. The third kappa shape index (κ3) is 2.03. The summed E-state index contributed by atoms with van der Waals surface area (Å²) in [6.07, 6.45) is -0.271. The molecule has 0 saturated carbocycles. The molecular weight excluding hydrogens is 140 g/mol. The van der Waals surface area contributed by atoms with E-state index in [1.807, 2.05) is 24.3 Å². The van der Waals surface area contributed by atoms with Crippen LogP contribution in [0.3, 0.4) is 0 Å². The van der Waals surface area contributed by atoms with Gasteiger partial charge in [0.2, 0.25) is 0 Å². The summed E-state index contributed by atoms with van der Waals surface area (Å²) in [5.41, 5.74) is 0.984. The predicted molar refractivity (Wildman–Crippen MR) is 42.0 cm³/mol. The summed E-state index contributed by atoms with van der Waals surface area (Å²) >= 11 is 0. The van der Waals surface area contributed by atoms with Crippen molar-refractivity contribution in [3.05, 3.63) is 35.9 Å². The Labute approximate surface area is 66.8 Å². The molecule has 1 rings (SSSR count). The Morgan fingerprint density at radius 3 is 2.55 bits per heavy atom. The number of ether oxygens (including phenoxy) is 2. The monoisotopic (exact) mass is 151 g/mol. The molecule has 0 aliphatic carbocycles. The topological polar surface area (TPSA) is 18.5 Å². The van der Waals surface area contributed by atoms with Crippen molar-refractivity contribution in [2.75, 3.05) is 14.2 Å².